The summed E-state index contributed by atoms with van der Waals surface area (Å²) in [5.74, 6) is 0. The Kier molecular flexibility index (Phi) is 4.37. The standard InChI is InChI=1S/C19H22N2OS/c1-19(2,3)14-6-4-13(5-7-14)11-20-15-8-9-17-16(10-15)21-18(12-22)23-17/h4-10,20,22H,11-12H2,1-3H3. The molecule has 0 atom stereocenters. The van der Waals surface area contributed by atoms with Crippen molar-refractivity contribution in [3.63, 3.8) is 0 Å². The summed E-state index contributed by atoms with van der Waals surface area (Å²) >= 11 is 1.54. The number of hydrogen-bond donors (Lipinski definition) is 2. The van der Waals surface area contributed by atoms with Gasteiger partial charge in [-0.2, -0.15) is 0 Å². The highest BCUT2D eigenvalue weighted by atomic mass is 32.1. The fraction of sp³-hybridized carbons (Fsp3) is 0.316. The third-order valence-corrected chi connectivity index (χ3v) is 4.90. The predicted octanol–water partition coefficient (Wildman–Crippen LogP) is 4.70. The molecule has 0 aliphatic rings. The molecule has 0 bridgehead atoms. The predicted molar refractivity (Wildman–Crippen MR) is 98.0 cm³/mol. The van der Waals surface area contributed by atoms with Crippen molar-refractivity contribution in [1.29, 1.82) is 0 Å². The molecule has 0 saturated carbocycles. The van der Waals surface area contributed by atoms with Crippen molar-refractivity contribution < 1.29 is 5.11 Å². The first kappa shape index (κ1) is 16.0. The monoisotopic (exact) mass is 326 g/mol. The molecule has 120 valence electrons. The molecule has 3 rings (SSSR count). The Morgan fingerprint density at radius 3 is 2.48 bits per heavy atom. The van der Waals surface area contributed by atoms with Crippen LogP contribution in [0.15, 0.2) is 42.5 Å². The average Bonchev–Trinajstić information content (AvgIpc) is 2.95. The minimum Gasteiger partial charge on any atom is -0.389 e. The van der Waals surface area contributed by atoms with Crippen molar-refractivity contribution in [2.75, 3.05) is 5.32 Å². The van der Waals surface area contributed by atoms with Crippen LogP contribution >= 0.6 is 11.3 Å². The van der Waals surface area contributed by atoms with Gasteiger partial charge in [-0.3, -0.25) is 0 Å². The third kappa shape index (κ3) is 3.71. The van der Waals surface area contributed by atoms with Crippen LogP contribution in [0.4, 0.5) is 5.69 Å². The Labute approximate surface area is 141 Å². The van der Waals surface area contributed by atoms with Crippen molar-refractivity contribution in [3.8, 4) is 0 Å². The van der Waals surface area contributed by atoms with Crippen molar-refractivity contribution in [2.24, 2.45) is 0 Å². The zero-order valence-electron chi connectivity index (χ0n) is 13.8. The first-order chi connectivity index (χ1) is 11.0. The van der Waals surface area contributed by atoms with Crippen LogP contribution in [0.2, 0.25) is 0 Å². The van der Waals surface area contributed by atoms with Crippen LogP contribution in [-0.2, 0) is 18.6 Å². The second-order valence-corrected chi connectivity index (χ2v) is 7.86. The Morgan fingerprint density at radius 1 is 1.09 bits per heavy atom. The number of thiazole rings is 1. The Balaban J connectivity index is 1.70. The summed E-state index contributed by atoms with van der Waals surface area (Å²) in [5, 5.41) is 13.4. The van der Waals surface area contributed by atoms with E-state index in [1.165, 1.54) is 22.5 Å². The molecule has 0 fully saturated rings. The SMILES string of the molecule is CC(C)(C)c1ccc(CNc2ccc3sc(CO)nc3c2)cc1. The van der Waals surface area contributed by atoms with E-state index in [1.807, 2.05) is 6.07 Å². The second kappa shape index (κ2) is 6.30. The molecule has 2 aromatic carbocycles. The molecule has 3 nitrogen and oxygen atoms in total. The molecule has 0 radical (unpaired) electrons. The van der Waals surface area contributed by atoms with Crippen molar-refractivity contribution >= 4 is 27.2 Å². The van der Waals surface area contributed by atoms with Crippen LogP contribution in [0.5, 0.6) is 0 Å². The Bertz CT molecular complexity index is 800. The average molecular weight is 326 g/mol. The number of rotatable bonds is 4. The number of nitrogens with zero attached hydrogens (tertiary/aromatic N) is 1. The fourth-order valence-electron chi connectivity index (χ4n) is 2.48. The van der Waals surface area contributed by atoms with E-state index in [0.29, 0.717) is 0 Å². The van der Waals surface area contributed by atoms with Crippen molar-refractivity contribution in [3.05, 3.63) is 58.6 Å². The van der Waals surface area contributed by atoms with Crippen LogP contribution in [0.3, 0.4) is 0 Å². The van der Waals surface area contributed by atoms with Gasteiger partial charge in [-0.25, -0.2) is 4.98 Å². The fourth-order valence-corrected chi connectivity index (χ4v) is 3.29. The maximum absolute atomic E-state index is 9.17. The van der Waals surface area contributed by atoms with E-state index in [2.05, 4.69) is 67.5 Å². The molecular weight excluding hydrogens is 304 g/mol. The molecule has 2 N–H and O–H groups in total. The highest BCUT2D eigenvalue weighted by molar-refractivity contribution is 7.18. The molecule has 1 heterocycles. The van der Waals surface area contributed by atoms with Gasteiger partial charge in [0.25, 0.3) is 0 Å². The van der Waals surface area contributed by atoms with Gasteiger partial charge < -0.3 is 10.4 Å². The van der Waals surface area contributed by atoms with Crippen LogP contribution < -0.4 is 5.32 Å². The largest absolute Gasteiger partial charge is 0.389 e. The van der Waals surface area contributed by atoms with Gasteiger partial charge in [0.05, 0.1) is 16.8 Å². The minimum absolute atomic E-state index is 0.00222. The van der Waals surface area contributed by atoms with E-state index in [1.54, 1.807) is 0 Å². The number of anilines is 1. The zero-order valence-corrected chi connectivity index (χ0v) is 14.6. The summed E-state index contributed by atoms with van der Waals surface area (Å²) in [6, 6.07) is 14.9. The van der Waals surface area contributed by atoms with Gasteiger partial charge in [-0.1, -0.05) is 45.0 Å². The van der Waals surface area contributed by atoms with E-state index >= 15 is 0 Å². The first-order valence-corrected chi connectivity index (χ1v) is 8.61. The number of hydrogen-bond acceptors (Lipinski definition) is 4. The topological polar surface area (TPSA) is 45.1 Å². The minimum atomic E-state index is 0.00222. The summed E-state index contributed by atoms with van der Waals surface area (Å²) < 4.78 is 1.11. The van der Waals surface area contributed by atoms with Crippen LogP contribution in [0.25, 0.3) is 10.2 Å². The summed E-state index contributed by atoms with van der Waals surface area (Å²) in [6.45, 7) is 7.47. The lowest BCUT2D eigenvalue weighted by Crippen LogP contribution is -2.11. The van der Waals surface area contributed by atoms with E-state index in [-0.39, 0.29) is 12.0 Å². The van der Waals surface area contributed by atoms with E-state index in [9.17, 15) is 5.11 Å². The summed E-state index contributed by atoms with van der Waals surface area (Å²) in [5.41, 5.74) is 4.78. The van der Waals surface area contributed by atoms with Gasteiger partial charge in [0.1, 0.15) is 5.01 Å². The van der Waals surface area contributed by atoms with Crippen LogP contribution in [0, 0.1) is 0 Å². The van der Waals surface area contributed by atoms with Gasteiger partial charge in [0.15, 0.2) is 0 Å². The molecule has 4 heteroatoms. The number of fused-ring (bicyclic) bond motifs is 1. The number of aromatic nitrogens is 1. The molecule has 0 spiro atoms. The maximum Gasteiger partial charge on any atom is 0.119 e. The van der Waals surface area contributed by atoms with Gasteiger partial charge in [0.2, 0.25) is 0 Å². The number of benzene rings is 2. The summed E-state index contributed by atoms with van der Waals surface area (Å²) in [7, 11) is 0. The molecule has 0 aliphatic carbocycles. The number of nitrogens with one attached hydrogen (secondary N) is 1. The number of aliphatic hydroxyl groups is 1. The molecule has 0 saturated heterocycles. The van der Waals surface area contributed by atoms with Crippen LogP contribution in [-0.4, -0.2) is 10.1 Å². The summed E-state index contributed by atoms with van der Waals surface area (Å²) in [6.07, 6.45) is 0. The third-order valence-electron chi connectivity index (χ3n) is 3.88. The highest BCUT2D eigenvalue weighted by Gasteiger charge is 2.12. The smallest absolute Gasteiger partial charge is 0.119 e. The van der Waals surface area contributed by atoms with Gasteiger partial charge in [-0.15, -0.1) is 11.3 Å². The van der Waals surface area contributed by atoms with Gasteiger partial charge in [0, 0.05) is 12.2 Å². The molecule has 0 aliphatic heterocycles. The molecule has 1 aromatic heterocycles. The second-order valence-electron chi connectivity index (χ2n) is 6.75. The maximum atomic E-state index is 9.17. The Hall–Kier alpha value is -1.91. The van der Waals surface area contributed by atoms with Gasteiger partial charge >= 0.3 is 0 Å². The van der Waals surface area contributed by atoms with E-state index in [0.717, 1.165) is 27.5 Å². The molecule has 3 aromatic rings. The van der Waals surface area contributed by atoms with Crippen LogP contribution in [0.1, 0.15) is 36.9 Å². The molecule has 0 amide bonds. The lowest BCUT2D eigenvalue weighted by Gasteiger charge is -2.19. The highest BCUT2D eigenvalue weighted by Crippen LogP contribution is 2.26. The van der Waals surface area contributed by atoms with E-state index in [4.69, 9.17) is 0 Å². The first-order valence-electron chi connectivity index (χ1n) is 7.79. The lowest BCUT2D eigenvalue weighted by atomic mass is 9.87. The summed E-state index contributed by atoms with van der Waals surface area (Å²) in [4.78, 5) is 4.41. The van der Waals surface area contributed by atoms with Gasteiger partial charge in [-0.05, 0) is 34.7 Å². The Morgan fingerprint density at radius 2 is 1.83 bits per heavy atom. The normalized spacial score (nSPS) is 11.8. The number of aliphatic hydroxyl groups excluding tert-OH is 1. The molecular formula is C19H22N2OS. The molecule has 23 heavy (non-hydrogen) atoms. The quantitative estimate of drug-likeness (QED) is 0.730. The van der Waals surface area contributed by atoms with E-state index < -0.39 is 0 Å². The van der Waals surface area contributed by atoms with Crippen molar-refractivity contribution in [2.45, 2.75) is 39.3 Å². The molecule has 0 unspecified atom stereocenters. The zero-order chi connectivity index (χ0) is 16.4. The lowest BCUT2D eigenvalue weighted by molar-refractivity contribution is 0.281. The van der Waals surface area contributed by atoms with Crippen molar-refractivity contribution in [1.82, 2.24) is 4.98 Å².